The average Bonchev–Trinajstić information content (AvgIpc) is 2.96. The van der Waals surface area contributed by atoms with E-state index in [2.05, 4.69) is 26.1 Å². The highest BCUT2D eigenvalue weighted by Gasteiger charge is 2.29. The molecule has 0 unspecified atom stereocenters. The van der Waals surface area contributed by atoms with Gasteiger partial charge in [0.2, 0.25) is 5.91 Å². The van der Waals surface area contributed by atoms with Crippen LogP contribution in [0.5, 0.6) is 0 Å². The number of pyridine rings is 1. The Morgan fingerprint density at radius 3 is 2.67 bits per heavy atom. The molecule has 1 amide bonds. The minimum atomic E-state index is -0.290. The lowest BCUT2D eigenvalue weighted by Crippen LogP contribution is -2.38. The number of hydrogen-bond acceptors (Lipinski definition) is 4. The lowest BCUT2D eigenvalue weighted by molar-refractivity contribution is -0.133. The van der Waals surface area contributed by atoms with Gasteiger partial charge in [0.25, 0.3) is 0 Å². The van der Waals surface area contributed by atoms with Gasteiger partial charge in [-0.15, -0.1) is 0 Å². The fourth-order valence-electron chi connectivity index (χ4n) is 3.55. The summed E-state index contributed by atoms with van der Waals surface area (Å²) in [5.74, 6) is 0.938. The summed E-state index contributed by atoms with van der Waals surface area (Å²) in [6.45, 7) is 8.11. The number of imidazole rings is 1. The van der Waals surface area contributed by atoms with Crippen molar-refractivity contribution in [2.45, 2.75) is 51.5 Å². The number of fused-ring (bicyclic) bond motifs is 1. The molecule has 3 heterocycles. The van der Waals surface area contributed by atoms with Gasteiger partial charge in [-0.1, -0.05) is 0 Å². The second-order valence-electron chi connectivity index (χ2n) is 8.19. The number of nitrogens with zero attached hydrogens (tertiary/aromatic N) is 3. The quantitative estimate of drug-likeness (QED) is 0.869. The first kappa shape index (κ1) is 19.6. The van der Waals surface area contributed by atoms with Gasteiger partial charge in [0.15, 0.2) is 0 Å². The zero-order chi connectivity index (χ0) is 19.6. The molecule has 6 nitrogen and oxygen atoms in total. The molecule has 0 spiro atoms. The van der Waals surface area contributed by atoms with Crippen molar-refractivity contribution in [2.24, 2.45) is 0 Å². The smallest absolute Gasteiger partial charge is 0.224 e. The Morgan fingerprint density at radius 2 is 2.04 bits per heavy atom. The largest absolute Gasteiger partial charge is 0.384 e. The highest BCUT2D eigenvalue weighted by Crippen LogP contribution is 2.34. The number of ether oxygens (including phenoxy) is 1. The third kappa shape index (κ3) is 4.58. The molecule has 7 heteroatoms. The van der Waals surface area contributed by atoms with E-state index in [4.69, 9.17) is 9.72 Å². The molecule has 0 atom stereocenters. The average molecular weight is 376 g/mol. The molecule has 2 aromatic heterocycles. The Balaban J connectivity index is 1.82. The van der Waals surface area contributed by atoms with E-state index in [1.807, 2.05) is 4.90 Å². The number of hydrogen-bond donors (Lipinski definition) is 1. The molecular formula is C20H29FN4O2. The molecule has 1 aliphatic heterocycles. The molecule has 3 rings (SSSR count). The van der Waals surface area contributed by atoms with Gasteiger partial charge in [-0.3, -0.25) is 9.20 Å². The summed E-state index contributed by atoms with van der Waals surface area (Å²) in [6, 6.07) is 3.14. The van der Waals surface area contributed by atoms with Crippen LogP contribution in [0.3, 0.4) is 0 Å². The third-order valence-electron chi connectivity index (χ3n) is 4.86. The maximum atomic E-state index is 13.8. The number of aromatic nitrogens is 2. The molecule has 0 aliphatic carbocycles. The molecule has 1 fully saturated rings. The monoisotopic (exact) mass is 376 g/mol. The van der Waals surface area contributed by atoms with Gasteiger partial charge in [0.05, 0.1) is 18.7 Å². The van der Waals surface area contributed by atoms with Crippen molar-refractivity contribution >= 4 is 17.4 Å². The van der Waals surface area contributed by atoms with E-state index in [9.17, 15) is 9.18 Å². The molecule has 0 radical (unpaired) electrons. The first-order valence-electron chi connectivity index (χ1n) is 9.51. The van der Waals surface area contributed by atoms with Gasteiger partial charge in [0.1, 0.15) is 17.3 Å². The summed E-state index contributed by atoms with van der Waals surface area (Å²) >= 11 is 0. The number of amides is 1. The zero-order valence-electron chi connectivity index (χ0n) is 16.6. The number of piperidine rings is 1. The van der Waals surface area contributed by atoms with Crippen LogP contribution in [0, 0.1) is 5.82 Å². The number of carbonyl (C=O) groups excluding carboxylic acids is 1. The number of rotatable bonds is 5. The fraction of sp³-hybridized carbons (Fsp3) is 0.600. The van der Waals surface area contributed by atoms with Crippen LogP contribution in [0.2, 0.25) is 0 Å². The molecule has 1 aliphatic rings. The van der Waals surface area contributed by atoms with Gasteiger partial charge in [-0.05, 0) is 45.7 Å². The van der Waals surface area contributed by atoms with Gasteiger partial charge in [-0.25, -0.2) is 9.37 Å². The third-order valence-corrected chi connectivity index (χ3v) is 4.86. The standard InChI is InChI=1S/C20H29FN4O2/c1-20(2,3)23-19-18(22-16-6-5-15(21)13-25(16)19)14-7-10-24(11-8-14)17(26)9-12-27-4/h5-6,13-14,23H,7-12H2,1-4H3. The molecule has 0 aromatic carbocycles. The van der Waals surface area contributed by atoms with E-state index in [0.717, 1.165) is 30.0 Å². The minimum absolute atomic E-state index is 0.139. The van der Waals surface area contributed by atoms with Crippen molar-refractivity contribution in [3.05, 3.63) is 29.8 Å². The van der Waals surface area contributed by atoms with E-state index >= 15 is 0 Å². The Morgan fingerprint density at radius 1 is 1.33 bits per heavy atom. The van der Waals surface area contributed by atoms with Crippen LogP contribution in [-0.4, -0.2) is 52.5 Å². The number of likely N-dealkylation sites (tertiary alicyclic amines) is 1. The summed E-state index contributed by atoms with van der Waals surface area (Å²) in [7, 11) is 1.61. The molecule has 0 saturated carbocycles. The maximum Gasteiger partial charge on any atom is 0.224 e. The predicted molar refractivity (Wildman–Crippen MR) is 104 cm³/mol. The van der Waals surface area contributed by atoms with E-state index in [0.29, 0.717) is 26.1 Å². The Bertz CT molecular complexity index is 804. The maximum absolute atomic E-state index is 13.8. The van der Waals surface area contributed by atoms with Crippen LogP contribution in [-0.2, 0) is 9.53 Å². The molecule has 1 N–H and O–H groups in total. The summed E-state index contributed by atoms with van der Waals surface area (Å²) in [6.07, 6.45) is 3.60. The van der Waals surface area contributed by atoms with Crippen LogP contribution in [0.4, 0.5) is 10.2 Å². The van der Waals surface area contributed by atoms with E-state index < -0.39 is 0 Å². The summed E-state index contributed by atoms with van der Waals surface area (Å²) in [5, 5.41) is 3.50. The lowest BCUT2D eigenvalue weighted by atomic mass is 9.92. The first-order valence-corrected chi connectivity index (χ1v) is 9.51. The van der Waals surface area contributed by atoms with E-state index in [-0.39, 0.29) is 23.2 Å². The van der Waals surface area contributed by atoms with Crippen molar-refractivity contribution in [3.8, 4) is 0 Å². The SMILES string of the molecule is COCCC(=O)N1CCC(c2nc3ccc(F)cn3c2NC(C)(C)C)CC1. The Labute approximate surface area is 159 Å². The van der Waals surface area contributed by atoms with E-state index in [1.54, 1.807) is 17.6 Å². The predicted octanol–water partition coefficient (Wildman–Crippen LogP) is 3.43. The van der Waals surface area contributed by atoms with Crippen molar-refractivity contribution < 1.29 is 13.9 Å². The number of anilines is 1. The van der Waals surface area contributed by atoms with Crippen LogP contribution >= 0.6 is 0 Å². The number of nitrogens with one attached hydrogen (secondary N) is 1. The fourth-order valence-corrected chi connectivity index (χ4v) is 3.55. The summed E-state index contributed by atoms with van der Waals surface area (Å²) in [4.78, 5) is 18.9. The molecular weight excluding hydrogens is 347 g/mol. The number of halogens is 1. The van der Waals surface area contributed by atoms with Gasteiger partial charge in [0, 0.05) is 37.9 Å². The highest BCUT2D eigenvalue weighted by molar-refractivity contribution is 5.76. The van der Waals surface area contributed by atoms with Crippen LogP contribution in [0.1, 0.15) is 51.6 Å². The molecule has 1 saturated heterocycles. The topological polar surface area (TPSA) is 58.9 Å². The van der Waals surface area contributed by atoms with Crippen LogP contribution in [0.15, 0.2) is 18.3 Å². The minimum Gasteiger partial charge on any atom is -0.384 e. The summed E-state index contributed by atoms with van der Waals surface area (Å²) in [5.41, 5.74) is 1.52. The molecule has 2 aromatic rings. The molecule has 148 valence electrons. The van der Waals surface area contributed by atoms with Gasteiger partial charge < -0.3 is 15.0 Å². The molecule has 0 bridgehead atoms. The van der Waals surface area contributed by atoms with Crippen molar-refractivity contribution in [2.75, 3.05) is 32.1 Å². The molecule has 27 heavy (non-hydrogen) atoms. The number of methoxy groups -OCH3 is 1. The van der Waals surface area contributed by atoms with Gasteiger partial charge in [-0.2, -0.15) is 0 Å². The van der Waals surface area contributed by atoms with E-state index in [1.165, 1.54) is 12.3 Å². The second kappa shape index (κ2) is 7.84. The van der Waals surface area contributed by atoms with Crippen molar-refractivity contribution in [1.29, 1.82) is 0 Å². The zero-order valence-corrected chi connectivity index (χ0v) is 16.6. The van der Waals surface area contributed by atoms with Crippen LogP contribution < -0.4 is 5.32 Å². The Kier molecular flexibility index (Phi) is 5.69. The normalized spacial score (nSPS) is 16.1. The van der Waals surface area contributed by atoms with Gasteiger partial charge >= 0.3 is 0 Å². The van der Waals surface area contributed by atoms with Crippen molar-refractivity contribution in [3.63, 3.8) is 0 Å². The first-order chi connectivity index (χ1) is 12.8. The van der Waals surface area contributed by atoms with Crippen molar-refractivity contribution in [1.82, 2.24) is 14.3 Å². The van der Waals surface area contributed by atoms with Crippen LogP contribution in [0.25, 0.3) is 5.65 Å². The Hall–Kier alpha value is -2.15. The second-order valence-corrected chi connectivity index (χ2v) is 8.19. The summed E-state index contributed by atoms with van der Waals surface area (Å²) < 4.78 is 20.6. The number of carbonyl (C=O) groups is 1. The lowest BCUT2D eigenvalue weighted by Gasteiger charge is -2.32. The highest BCUT2D eigenvalue weighted by atomic mass is 19.1.